The maximum absolute atomic E-state index is 15.4. The highest BCUT2D eigenvalue weighted by Gasteiger charge is 2.46. The maximum Gasteiger partial charge on any atom is 0.303 e. The van der Waals surface area contributed by atoms with Crippen molar-refractivity contribution in [3.63, 3.8) is 0 Å². The molecular weight excluding hydrogens is 1150 g/mol. The topological polar surface area (TPSA) is 319 Å². The number of aliphatic carboxylic acids is 1. The molecule has 81 heavy (non-hydrogen) atoms. The number of hydrogen-bond donors (Lipinski definition) is 6. The van der Waals surface area contributed by atoms with Gasteiger partial charge in [-0.2, -0.15) is 46.7 Å². The Balaban J connectivity index is 1.37. The predicted octanol–water partition coefficient (Wildman–Crippen LogP) is 8.94. The number of allylic oxidation sites excluding steroid dienone is 8. The van der Waals surface area contributed by atoms with Crippen LogP contribution in [0, 0.1) is 5.82 Å². The van der Waals surface area contributed by atoms with Gasteiger partial charge in [0, 0.05) is 78.1 Å². The van der Waals surface area contributed by atoms with E-state index in [1.807, 2.05) is 67.5 Å². The monoisotopic (exact) mass is 1220 g/mol. The van der Waals surface area contributed by atoms with E-state index in [9.17, 15) is 74.8 Å². The molecule has 440 valence electrons. The number of carboxylic acid groups (broad SMARTS) is 1. The minimum Gasteiger partial charge on any atom is -0.481 e. The fourth-order valence-electron chi connectivity index (χ4n) is 11.3. The molecule has 0 saturated carbocycles. The van der Waals surface area contributed by atoms with Gasteiger partial charge >= 0.3 is 5.97 Å². The number of carboxylic acids is 1. The Hall–Kier alpha value is -5.68. The van der Waals surface area contributed by atoms with E-state index < -0.39 is 100 Å². The third kappa shape index (κ3) is 15.3. The summed E-state index contributed by atoms with van der Waals surface area (Å²) in [4.78, 5) is 13.6. The molecule has 0 bridgehead atoms. The highest BCUT2D eigenvalue weighted by Crippen LogP contribution is 2.50. The fourth-order valence-corrected chi connectivity index (χ4v) is 14.2. The predicted molar refractivity (Wildman–Crippen MR) is 307 cm³/mol. The van der Waals surface area contributed by atoms with Crippen LogP contribution in [0.5, 0.6) is 0 Å². The molecule has 4 aromatic carbocycles. The van der Waals surface area contributed by atoms with Gasteiger partial charge in [-0.05, 0) is 153 Å². The Morgan fingerprint density at radius 3 is 1.95 bits per heavy atom. The van der Waals surface area contributed by atoms with E-state index in [0.29, 0.717) is 96.3 Å². The third-order valence-electron chi connectivity index (χ3n) is 15.0. The lowest BCUT2D eigenvalue weighted by Gasteiger charge is -2.28. The molecular formula is C55H67FN3O17S5+. The lowest BCUT2D eigenvalue weighted by molar-refractivity contribution is -0.438. The summed E-state index contributed by atoms with van der Waals surface area (Å²) in [5.74, 6) is -3.11. The van der Waals surface area contributed by atoms with Crippen LogP contribution in [0.3, 0.4) is 0 Å². The third-order valence-corrected chi connectivity index (χ3v) is 19.1. The molecule has 0 spiro atoms. The number of anilines is 2. The van der Waals surface area contributed by atoms with Crippen molar-refractivity contribution in [1.29, 1.82) is 0 Å². The summed E-state index contributed by atoms with van der Waals surface area (Å²) in [5.41, 5.74) is 5.50. The van der Waals surface area contributed by atoms with E-state index in [1.54, 1.807) is 35.2 Å². The number of benzene rings is 4. The van der Waals surface area contributed by atoms with Gasteiger partial charge in [0.2, 0.25) is 5.69 Å². The van der Waals surface area contributed by atoms with Crippen molar-refractivity contribution < 1.29 is 83.7 Å². The summed E-state index contributed by atoms with van der Waals surface area (Å²) in [7, 11) is -23.0. The van der Waals surface area contributed by atoms with Crippen LogP contribution < -0.4 is 9.80 Å². The molecule has 0 aromatic heterocycles. The van der Waals surface area contributed by atoms with Crippen LogP contribution >= 0.6 is 0 Å². The molecule has 0 fully saturated rings. The minimum atomic E-state index is -5.03. The number of carbonyl (C=O) groups is 1. The number of unbranched alkanes of at least 4 members (excludes halogenated alkanes) is 2. The zero-order valence-electron chi connectivity index (χ0n) is 45.1. The largest absolute Gasteiger partial charge is 0.481 e. The zero-order valence-corrected chi connectivity index (χ0v) is 49.2. The molecule has 3 aliphatic rings. The van der Waals surface area contributed by atoms with Crippen molar-refractivity contribution in [2.75, 3.05) is 53.2 Å². The summed E-state index contributed by atoms with van der Waals surface area (Å²) in [6.07, 6.45) is 10.7. The summed E-state index contributed by atoms with van der Waals surface area (Å²) in [6, 6.07) is 16.5. The number of halogens is 1. The second-order valence-electron chi connectivity index (χ2n) is 21.5. The quantitative estimate of drug-likeness (QED) is 0.0205. The SMILES string of the molecule is CC1(C)C(/C=C/C2=C(c3cccc(F)c3)C(=C/C=C3/N(CCCS(=O)(=O)O)c4ccc(N(CCCS(=O)(=O)O)CCCS(=O)(=O)O)cc4C3(C)C)/CCC2)=[N+](CCCCCC(=O)O)c2ccc3c(S(=O)(=O)O)cc(S(=O)(=O)O)cc3c21. The van der Waals surface area contributed by atoms with Crippen LogP contribution in [0.2, 0.25) is 0 Å². The lowest BCUT2D eigenvalue weighted by Crippen LogP contribution is -2.29. The van der Waals surface area contributed by atoms with Crippen LogP contribution in [0.15, 0.2) is 118 Å². The summed E-state index contributed by atoms with van der Waals surface area (Å²) in [5, 5.41) is 9.48. The molecule has 0 atom stereocenters. The van der Waals surface area contributed by atoms with E-state index in [1.165, 1.54) is 18.2 Å². The Labute approximate surface area is 472 Å². The van der Waals surface area contributed by atoms with E-state index in [2.05, 4.69) is 0 Å². The van der Waals surface area contributed by atoms with Crippen LogP contribution in [-0.2, 0) is 66.2 Å². The van der Waals surface area contributed by atoms with Crippen molar-refractivity contribution in [2.45, 2.75) is 113 Å². The molecule has 0 unspecified atom stereocenters. The Bertz CT molecular complexity index is 3870. The van der Waals surface area contributed by atoms with Gasteiger partial charge in [0.05, 0.1) is 27.6 Å². The average molecular weight is 1220 g/mol. The zero-order chi connectivity index (χ0) is 59.7. The number of rotatable bonds is 25. The van der Waals surface area contributed by atoms with Gasteiger partial charge in [-0.3, -0.25) is 27.6 Å². The summed E-state index contributed by atoms with van der Waals surface area (Å²) < 4.78 is 188. The van der Waals surface area contributed by atoms with Gasteiger partial charge in [0.25, 0.3) is 50.6 Å². The normalized spacial score (nSPS) is 17.7. The van der Waals surface area contributed by atoms with Crippen molar-refractivity contribution >= 4 is 95.7 Å². The Kier molecular flexibility index (Phi) is 18.8. The first-order chi connectivity index (χ1) is 37.6. The van der Waals surface area contributed by atoms with Gasteiger partial charge in [-0.25, -0.2) is 4.39 Å². The molecule has 2 aliphatic heterocycles. The van der Waals surface area contributed by atoms with Gasteiger partial charge in [-0.1, -0.05) is 38.1 Å². The lowest BCUT2D eigenvalue weighted by atomic mass is 9.78. The van der Waals surface area contributed by atoms with E-state index in [0.717, 1.165) is 22.8 Å². The number of fused-ring (bicyclic) bond motifs is 4. The van der Waals surface area contributed by atoms with Gasteiger partial charge in [-0.15, -0.1) is 0 Å². The average Bonchev–Trinajstić information content (AvgIpc) is 3.79. The molecule has 0 radical (unpaired) electrons. The molecule has 6 N–H and O–H groups in total. The van der Waals surface area contributed by atoms with E-state index in [4.69, 9.17) is 0 Å². The first kappa shape index (κ1) is 62.9. The highest BCUT2D eigenvalue weighted by molar-refractivity contribution is 7.87. The van der Waals surface area contributed by atoms with Crippen LogP contribution in [0.25, 0.3) is 16.3 Å². The number of hydrogen-bond acceptors (Lipinski definition) is 13. The second kappa shape index (κ2) is 24.3. The van der Waals surface area contributed by atoms with Crippen molar-refractivity contribution in [3.05, 3.63) is 130 Å². The number of nitrogens with zero attached hydrogens (tertiary/aromatic N) is 3. The summed E-state index contributed by atoms with van der Waals surface area (Å²) >= 11 is 0. The highest BCUT2D eigenvalue weighted by atomic mass is 32.2. The molecule has 26 heteroatoms. The molecule has 0 saturated heterocycles. The van der Waals surface area contributed by atoms with Gasteiger partial charge < -0.3 is 14.9 Å². The molecule has 7 rings (SSSR count). The molecule has 1 aliphatic carbocycles. The van der Waals surface area contributed by atoms with E-state index >= 15 is 4.39 Å². The van der Waals surface area contributed by atoms with E-state index in [-0.39, 0.29) is 56.1 Å². The van der Waals surface area contributed by atoms with Gasteiger partial charge in [0.1, 0.15) is 17.3 Å². The molecule has 0 amide bonds. The Morgan fingerprint density at radius 2 is 1.35 bits per heavy atom. The second-order valence-corrected chi connectivity index (χ2v) is 29.0. The van der Waals surface area contributed by atoms with Crippen molar-refractivity contribution in [1.82, 2.24) is 0 Å². The standard InChI is InChI=1S/C55H66FN3O17S5/c1-54(2)45-34-41(57(26-10-30-77(62,63)64)27-11-31-78(65,66)67)20-22-46(45)58(29-12-32-79(68,69)70)49(54)24-18-37-13-8-14-38(52(37)39-15-9-16-40(56)33-39)19-25-50-55(3,4)53-44-35-42(80(71,72)73)36-48(81(74,75)76)43(44)21-23-47(53)59(50)28-7-5-6-17-51(60)61/h9,15-16,18-25,33-36H,5-8,10-14,17,26-32H2,1-4H3,(H5-,60,61,62,63,64,65,66,67,68,69,70,71,72,73,74,75,76)/p+1. The minimum absolute atomic E-state index is 0.00567. The Morgan fingerprint density at radius 1 is 0.691 bits per heavy atom. The first-order valence-electron chi connectivity index (χ1n) is 26.1. The van der Waals surface area contributed by atoms with Crippen LogP contribution in [0.1, 0.15) is 109 Å². The van der Waals surface area contributed by atoms with Crippen molar-refractivity contribution in [2.24, 2.45) is 0 Å². The summed E-state index contributed by atoms with van der Waals surface area (Å²) in [6.45, 7) is 8.29. The molecule has 4 aromatic rings. The molecule has 20 nitrogen and oxygen atoms in total. The van der Waals surface area contributed by atoms with Crippen LogP contribution in [0.4, 0.5) is 21.5 Å². The first-order valence-corrected chi connectivity index (χ1v) is 33.8. The van der Waals surface area contributed by atoms with Crippen LogP contribution in [-0.4, -0.2) is 130 Å². The van der Waals surface area contributed by atoms with Gasteiger partial charge in [0.15, 0.2) is 5.71 Å². The smallest absolute Gasteiger partial charge is 0.303 e. The molecule has 2 heterocycles. The maximum atomic E-state index is 15.4. The fraction of sp³-hybridized carbons (Fsp3) is 0.418. The van der Waals surface area contributed by atoms with Crippen molar-refractivity contribution in [3.8, 4) is 0 Å².